The van der Waals surface area contributed by atoms with Crippen LogP contribution >= 0.6 is 7.77 Å². The van der Waals surface area contributed by atoms with Crippen LogP contribution < -0.4 is 4.74 Å². The maximum atomic E-state index is 6.62. The lowest BCUT2D eigenvalue weighted by molar-refractivity contribution is 0.491. The normalized spacial score (nSPS) is 12.3. The average Bonchev–Trinajstić information content (AvgIpc) is 3.07. The molecule has 4 nitrogen and oxygen atoms in total. The summed E-state index contributed by atoms with van der Waals surface area (Å²) >= 11 is 0. The summed E-state index contributed by atoms with van der Waals surface area (Å²) in [4.78, 5) is 4.66. The fourth-order valence-electron chi connectivity index (χ4n) is 4.55. The predicted molar refractivity (Wildman–Crippen MR) is 141 cm³/mol. The third-order valence-electron chi connectivity index (χ3n) is 6.23. The first kappa shape index (κ1) is 20.1. The summed E-state index contributed by atoms with van der Waals surface area (Å²) in [5.41, 5.74) is 7.35. The molecule has 5 heteroatoms. The smallest absolute Gasteiger partial charge is 0.173 e. The Bertz CT molecular complexity index is 1790. The SMILES string of the molecule is Cc1cccc(-c2ccc(-c3ccc4oc5ccccc5op5c4c3Oc3ccccc3-5)cc2)n1. The number of pyridine rings is 1. The van der Waals surface area contributed by atoms with Crippen LogP contribution in [0.2, 0.25) is 0 Å². The highest BCUT2D eigenvalue weighted by molar-refractivity contribution is 7.57. The minimum Gasteiger partial charge on any atom is -0.454 e. The van der Waals surface area contributed by atoms with Crippen LogP contribution in [0.1, 0.15) is 5.69 Å². The molecular weight excluding hydrogens is 453 g/mol. The van der Waals surface area contributed by atoms with Gasteiger partial charge in [-0.2, -0.15) is 0 Å². The molecule has 1 unspecified atom stereocenters. The van der Waals surface area contributed by atoms with Crippen molar-refractivity contribution in [3.63, 3.8) is 0 Å². The monoisotopic (exact) mass is 473 g/mol. The van der Waals surface area contributed by atoms with Crippen LogP contribution in [0.4, 0.5) is 0 Å². The topological polar surface area (TPSA) is 48.4 Å². The van der Waals surface area contributed by atoms with E-state index in [1.165, 1.54) is 0 Å². The molecular formula is C30H20NO3P. The molecule has 4 aromatic carbocycles. The van der Waals surface area contributed by atoms with Crippen molar-refractivity contribution in [2.75, 3.05) is 0 Å². The maximum absolute atomic E-state index is 6.62. The molecule has 0 saturated heterocycles. The van der Waals surface area contributed by atoms with Crippen LogP contribution in [0, 0.1) is 6.92 Å². The van der Waals surface area contributed by atoms with Gasteiger partial charge in [-0.3, -0.25) is 4.98 Å². The number of fused-ring (bicyclic) bond motifs is 3. The highest BCUT2D eigenvalue weighted by atomic mass is 31.1. The number of benzene rings is 4. The molecule has 0 spiro atoms. The molecule has 0 fully saturated rings. The van der Waals surface area contributed by atoms with E-state index in [-0.39, 0.29) is 0 Å². The van der Waals surface area contributed by atoms with Crippen molar-refractivity contribution in [1.82, 2.24) is 4.98 Å². The molecule has 1 aliphatic rings. The van der Waals surface area contributed by atoms with Crippen molar-refractivity contribution in [1.29, 1.82) is 0 Å². The zero-order valence-electron chi connectivity index (χ0n) is 18.9. The van der Waals surface area contributed by atoms with Crippen LogP contribution in [0.25, 0.3) is 49.6 Å². The number of para-hydroxylation sites is 3. The van der Waals surface area contributed by atoms with E-state index in [0.29, 0.717) is 5.58 Å². The molecule has 168 valence electrons. The van der Waals surface area contributed by atoms with Gasteiger partial charge in [0.1, 0.15) is 16.5 Å². The Morgan fingerprint density at radius 2 is 1.43 bits per heavy atom. The van der Waals surface area contributed by atoms with E-state index in [1.807, 2.05) is 73.7 Å². The third-order valence-corrected chi connectivity index (χ3v) is 8.25. The summed E-state index contributed by atoms with van der Waals surface area (Å²) in [5.74, 6) is 1.62. The van der Waals surface area contributed by atoms with Crippen molar-refractivity contribution in [2.24, 2.45) is 0 Å². The summed E-state index contributed by atoms with van der Waals surface area (Å²) < 4.78 is 19.5. The first-order chi connectivity index (χ1) is 17.2. The second-order valence-corrected chi connectivity index (χ2v) is 10.2. The third kappa shape index (κ3) is 3.34. The van der Waals surface area contributed by atoms with Crippen LogP contribution in [0.5, 0.6) is 11.5 Å². The van der Waals surface area contributed by atoms with Gasteiger partial charge in [0.05, 0.1) is 18.8 Å². The maximum Gasteiger partial charge on any atom is 0.173 e. The van der Waals surface area contributed by atoms with E-state index in [4.69, 9.17) is 13.4 Å². The van der Waals surface area contributed by atoms with Gasteiger partial charge >= 0.3 is 0 Å². The summed E-state index contributed by atoms with van der Waals surface area (Å²) in [7, 11) is -1.16. The summed E-state index contributed by atoms with van der Waals surface area (Å²) in [5, 5.41) is 2.02. The largest absolute Gasteiger partial charge is 0.454 e. The van der Waals surface area contributed by atoms with Gasteiger partial charge < -0.3 is 13.4 Å². The molecule has 3 heterocycles. The molecule has 6 aromatic rings. The summed E-state index contributed by atoms with van der Waals surface area (Å²) in [6.45, 7) is 2.01. The van der Waals surface area contributed by atoms with E-state index >= 15 is 0 Å². The lowest BCUT2D eigenvalue weighted by atomic mass is 10.0. The number of hydrogen-bond acceptors (Lipinski definition) is 4. The van der Waals surface area contributed by atoms with Gasteiger partial charge in [-0.05, 0) is 61.0 Å². The summed E-state index contributed by atoms with van der Waals surface area (Å²) in [6.07, 6.45) is 0. The molecule has 35 heavy (non-hydrogen) atoms. The molecule has 0 amide bonds. The van der Waals surface area contributed by atoms with Gasteiger partial charge in [0.15, 0.2) is 16.9 Å². The second-order valence-electron chi connectivity index (χ2n) is 8.53. The van der Waals surface area contributed by atoms with Crippen LogP contribution in [0.15, 0.2) is 112 Å². The van der Waals surface area contributed by atoms with E-state index in [9.17, 15) is 0 Å². The molecule has 0 bridgehead atoms. The zero-order chi connectivity index (χ0) is 23.4. The highest BCUT2D eigenvalue weighted by Gasteiger charge is 2.26. The van der Waals surface area contributed by atoms with Crippen molar-refractivity contribution in [3.8, 4) is 39.2 Å². The zero-order valence-corrected chi connectivity index (χ0v) is 19.8. The first-order valence-electron chi connectivity index (χ1n) is 11.5. The van der Waals surface area contributed by atoms with Crippen molar-refractivity contribution in [3.05, 3.63) is 109 Å². The Kier molecular flexibility index (Phi) is 4.54. The second kappa shape index (κ2) is 7.90. The minimum atomic E-state index is -1.16. The molecule has 0 saturated carbocycles. The Balaban J connectivity index is 1.48. The van der Waals surface area contributed by atoms with Crippen LogP contribution in [0.3, 0.4) is 0 Å². The highest BCUT2D eigenvalue weighted by Crippen LogP contribution is 2.60. The van der Waals surface area contributed by atoms with E-state index in [0.717, 1.165) is 61.2 Å². The Hall–Kier alpha value is -4.27. The number of ether oxygens (including phenoxy) is 1. The van der Waals surface area contributed by atoms with E-state index in [2.05, 4.69) is 41.4 Å². The standard InChI is InChI=1S/C30H20NO3P/c1-19-7-6-8-23(31-19)21-15-13-20(14-16-21)22-17-18-27-30-29(22)33-26-11-4-5-12-28(26)35(30)34-25-10-3-2-9-24(25)32-27/h2-18H,1H3. The average molecular weight is 473 g/mol. The van der Waals surface area contributed by atoms with Crippen molar-refractivity contribution in [2.45, 2.75) is 6.92 Å². The van der Waals surface area contributed by atoms with Crippen molar-refractivity contribution >= 4 is 29.6 Å². The van der Waals surface area contributed by atoms with E-state index in [1.54, 1.807) is 0 Å². The molecule has 1 aliphatic heterocycles. The fourth-order valence-corrected chi connectivity index (χ4v) is 6.54. The minimum absolute atomic E-state index is 0.715. The quantitative estimate of drug-likeness (QED) is 0.251. The Labute approximate surface area is 202 Å². The Morgan fingerprint density at radius 3 is 2.29 bits per heavy atom. The number of rotatable bonds is 2. The van der Waals surface area contributed by atoms with Gasteiger partial charge in [-0.15, -0.1) is 0 Å². The molecule has 2 aromatic heterocycles. The lowest BCUT2D eigenvalue weighted by Crippen LogP contribution is -1.94. The molecule has 1 atom stereocenters. The number of aromatic nitrogens is 1. The lowest BCUT2D eigenvalue weighted by Gasteiger charge is -2.20. The van der Waals surface area contributed by atoms with Crippen molar-refractivity contribution < 1.29 is 13.4 Å². The van der Waals surface area contributed by atoms with Gasteiger partial charge in [-0.1, -0.05) is 54.6 Å². The number of hydrogen-bond donors (Lipinski definition) is 0. The van der Waals surface area contributed by atoms with Crippen LogP contribution in [-0.2, 0) is 0 Å². The fraction of sp³-hybridized carbons (Fsp3) is 0.0333. The van der Waals surface area contributed by atoms with Gasteiger partial charge in [0, 0.05) is 16.8 Å². The molecule has 0 aliphatic carbocycles. The summed E-state index contributed by atoms with van der Waals surface area (Å²) in [6, 6.07) is 34.6. The Morgan fingerprint density at radius 1 is 0.657 bits per heavy atom. The first-order valence-corrected chi connectivity index (χ1v) is 12.7. The molecule has 7 rings (SSSR count). The van der Waals surface area contributed by atoms with Gasteiger partial charge in [-0.25, -0.2) is 0 Å². The number of nitrogens with zero attached hydrogens (tertiary/aromatic N) is 1. The van der Waals surface area contributed by atoms with Crippen LogP contribution in [-0.4, -0.2) is 4.98 Å². The van der Waals surface area contributed by atoms with Gasteiger partial charge in [0.2, 0.25) is 0 Å². The molecule has 0 radical (unpaired) electrons. The van der Waals surface area contributed by atoms with E-state index < -0.39 is 7.77 Å². The molecule has 0 N–H and O–H groups in total. The predicted octanol–water partition coefficient (Wildman–Crippen LogP) is 9.42. The number of aryl methyl sites for hydroxylation is 1. The van der Waals surface area contributed by atoms with Gasteiger partial charge in [0.25, 0.3) is 0 Å².